The molecule has 124 valence electrons. The van der Waals surface area contributed by atoms with E-state index in [1.54, 1.807) is 0 Å². The van der Waals surface area contributed by atoms with Gasteiger partial charge in [0, 0.05) is 37.2 Å². The van der Waals surface area contributed by atoms with Crippen LogP contribution in [0.25, 0.3) is 5.57 Å². The van der Waals surface area contributed by atoms with Crippen LogP contribution in [0.1, 0.15) is 47.8 Å². The van der Waals surface area contributed by atoms with Crippen molar-refractivity contribution in [1.29, 1.82) is 0 Å². The number of H-pyrrole nitrogens is 1. The Hall–Kier alpha value is -2.27. The second kappa shape index (κ2) is 6.69. The van der Waals surface area contributed by atoms with E-state index in [-0.39, 0.29) is 5.78 Å². The molecule has 1 fully saturated rings. The highest BCUT2D eigenvalue weighted by Crippen LogP contribution is 2.39. The van der Waals surface area contributed by atoms with Gasteiger partial charge in [-0.25, -0.2) is 0 Å². The van der Waals surface area contributed by atoms with Crippen LogP contribution in [0.3, 0.4) is 0 Å². The minimum absolute atomic E-state index is 0.191. The maximum atomic E-state index is 12.3. The van der Waals surface area contributed by atoms with E-state index < -0.39 is 0 Å². The summed E-state index contributed by atoms with van der Waals surface area (Å²) in [6.45, 7) is 1.91. The van der Waals surface area contributed by atoms with Crippen LogP contribution < -0.4 is 5.32 Å². The summed E-state index contributed by atoms with van der Waals surface area (Å²) in [7, 11) is 0. The van der Waals surface area contributed by atoms with Crippen molar-refractivity contribution in [3.05, 3.63) is 53.1 Å². The van der Waals surface area contributed by atoms with Crippen LogP contribution in [0.4, 0.5) is 0 Å². The van der Waals surface area contributed by atoms with Crippen molar-refractivity contribution in [1.82, 2.24) is 20.5 Å². The summed E-state index contributed by atoms with van der Waals surface area (Å²) in [5.74, 6) is 0.808. The lowest BCUT2D eigenvalue weighted by molar-refractivity contribution is -0.117. The van der Waals surface area contributed by atoms with Crippen molar-refractivity contribution in [3.8, 4) is 0 Å². The Bertz CT molecular complexity index is 756. The van der Waals surface area contributed by atoms with Crippen molar-refractivity contribution in [2.45, 2.75) is 38.0 Å². The molecule has 0 radical (unpaired) electrons. The predicted molar refractivity (Wildman–Crippen MR) is 92.7 cm³/mol. The van der Waals surface area contributed by atoms with Crippen molar-refractivity contribution < 1.29 is 4.79 Å². The Morgan fingerprint density at radius 2 is 2.17 bits per heavy atom. The van der Waals surface area contributed by atoms with Gasteiger partial charge < -0.3 is 5.32 Å². The highest BCUT2D eigenvalue weighted by atomic mass is 16.1. The van der Waals surface area contributed by atoms with Gasteiger partial charge in [-0.05, 0) is 49.1 Å². The number of carbonyl (C=O) groups excluding carboxylic acids is 1. The molecule has 4 rings (SSSR count). The van der Waals surface area contributed by atoms with Crippen LogP contribution in [0.15, 0.2) is 30.5 Å². The standard InChI is InChI=1S/C19H22N4O/c24-17(10-16-11-19(23-22-16)14-2-3-14)9-13-1-4-18(21-12-13)15-5-7-20-8-6-15/h1,4-5,11-12,14,20H,2-3,6-10H2,(H,22,23). The summed E-state index contributed by atoms with van der Waals surface area (Å²) in [6, 6.07) is 6.09. The minimum atomic E-state index is 0.191. The second-order valence-electron chi connectivity index (χ2n) is 6.72. The lowest BCUT2D eigenvalue weighted by atomic mass is 10.0. The van der Waals surface area contributed by atoms with E-state index >= 15 is 0 Å². The Morgan fingerprint density at radius 3 is 2.88 bits per heavy atom. The highest BCUT2D eigenvalue weighted by Gasteiger charge is 2.26. The monoisotopic (exact) mass is 322 g/mol. The highest BCUT2D eigenvalue weighted by molar-refractivity contribution is 5.82. The molecule has 0 amide bonds. The first-order chi connectivity index (χ1) is 11.8. The molecule has 24 heavy (non-hydrogen) atoms. The maximum Gasteiger partial charge on any atom is 0.143 e. The summed E-state index contributed by atoms with van der Waals surface area (Å²) in [5, 5.41) is 10.6. The van der Waals surface area contributed by atoms with E-state index in [1.807, 2.05) is 24.4 Å². The predicted octanol–water partition coefficient (Wildman–Crippen LogP) is 2.41. The Morgan fingerprint density at radius 1 is 1.25 bits per heavy atom. The summed E-state index contributed by atoms with van der Waals surface area (Å²) in [5.41, 5.74) is 5.32. The van der Waals surface area contributed by atoms with Gasteiger partial charge in [-0.3, -0.25) is 14.9 Å². The van der Waals surface area contributed by atoms with E-state index in [1.165, 1.54) is 18.4 Å². The van der Waals surface area contributed by atoms with Gasteiger partial charge in [-0.2, -0.15) is 5.10 Å². The fraction of sp³-hybridized carbons (Fsp3) is 0.421. The van der Waals surface area contributed by atoms with Gasteiger partial charge in [0.25, 0.3) is 0 Å². The van der Waals surface area contributed by atoms with Gasteiger partial charge in [0.1, 0.15) is 5.78 Å². The number of ketones is 1. The molecule has 1 saturated carbocycles. The molecular weight excluding hydrogens is 300 g/mol. The van der Waals surface area contributed by atoms with Crippen molar-refractivity contribution in [2.24, 2.45) is 0 Å². The number of hydrogen-bond donors (Lipinski definition) is 2. The van der Waals surface area contributed by atoms with E-state index in [4.69, 9.17) is 0 Å². The molecule has 0 bridgehead atoms. The first-order valence-electron chi connectivity index (χ1n) is 8.69. The van der Waals surface area contributed by atoms with Gasteiger partial charge in [0.2, 0.25) is 0 Å². The molecule has 0 atom stereocenters. The second-order valence-corrected chi connectivity index (χ2v) is 6.72. The zero-order valence-electron chi connectivity index (χ0n) is 13.7. The lowest BCUT2D eigenvalue weighted by Crippen LogP contribution is -2.20. The summed E-state index contributed by atoms with van der Waals surface area (Å²) < 4.78 is 0. The number of aromatic amines is 1. The molecule has 1 aliphatic carbocycles. The average molecular weight is 322 g/mol. The van der Waals surface area contributed by atoms with Gasteiger partial charge >= 0.3 is 0 Å². The summed E-state index contributed by atoms with van der Waals surface area (Å²) >= 11 is 0. The zero-order chi connectivity index (χ0) is 16.4. The number of rotatable bonds is 6. The van der Waals surface area contributed by atoms with Crippen LogP contribution in [-0.2, 0) is 17.6 Å². The third kappa shape index (κ3) is 3.62. The Labute approximate surface area is 141 Å². The molecule has 2 aliphatic rings. The van der Waals surface area contributed by atoms with Crippen LogP contribution >= 0.6 is 0 Å². The fourth-order valence-corrected chi connectivity index (χ4v) is 3.14. The van der Waals surface area contributed by atoms with Crippen LogP contribution in [-0.4, -0.2) is 34.1 Å². The molecule has 0 unspecified atom stereocenters. The maximum absolute atomic E-state index is 12.3. The smallest absolute Gasteiger partial charge is 0.143 e. The molecule has 5 heteroatoms. The van der Waals surface area contributed by atoms with E-state index in [0.717, 1.165) is 42.2 Å². The molecule has 2 aromatic rings. The number of Topliss-reactive ketones (excluding diaryl/α,β-unsaturated/α-hetero) is 1. The normalized spacial score (nSPS) is 17.6. The molecule has 2 N–H and O–H groups in total. The molecule has 3 heterocycles. The van der Waals surface area contributed by atoms with Crippen molar-refractivity contribution in [2.75, 3.05) is 13.1 Å². The third-order valence-corrected chi connectivity index (χ3v) is 4.65. The first kappa shape index (κ1) is 15.3. The molecule has 5 nitrogen and oxygen atoms in total. The van der Waals surface area contributed by atoms with Crippen LogP contribution in [0, 0.1) is 0 Å². The number of aromatic nitrogens is 3. The number of nitrogens with zero attached hydrogens (tertiary/aromatic N) is 2. The molecule has 0 spiro atoms. The van der Waals surface area contributed by atoms with Gasteiger partial charge in [-0.1, -0.05) is 12.1 Å². The Balaban J connectivity index is 1.35. The minimum Gasteiger partial charge on any atom is -0.313 e. The van der Waals surface area contributed by atoms with Crippen LogP contribution in [0.2, 0.25) is 0 Å². The SMILES string of the molecule is O=C(Cc1ccc(C2=CCNCC2)nc1)Cc1cc(C2CC2)n[nH]1. The number of carbonyl (C=O) groups is 1. The van der Waals surface area contributed by atoms with E-state index in [0.29, 0.717) is 18.8 Å². The summed E-state index contributed by atoms with van der Waals surface area (Å²) in [4.78, 5) is 16.8. The van der Waals surface area contributed by atoms with Crippen molar-refractivity contribution >= 4 is 11.4 Å². The molecule has 0 saturated heterocycles. The molecular formula is C19H22N4O. The number of hydrogen-bond acceptors (Lipinski definition) is 4. The van der Waals surface area contributed by atoms with Gasteiger partial charge in [0.05, 0.1) is 11.4 Å². The van der Waals surface area contributed by atoms with E-state index in [9.17, 15) is 4.79 Å². The van der Waals surface area contributed by atoms with Crippen LogP contribution in [0.5, 0.6) is 0 Å². The Kier molecular flexibility index (Phi) is 4.26. The largest absolute Gasteiger partial charge is 0.313 e. The molecule has 0 aromatic carbocycles. The summed E-state index contributed by atoms with van der Waals surface area (Å²) in [6.07, 6.45) is 8.31. The topological polar surface area (TPSA) is 70.7 Å². The van der Waals surface area contributed by atoms with Gasteiger partial charge in [-0.15, -0.1) is 0 Å². The molecule has 2 aromatic heterocycles. The van der Waals surface area contributed by atoms with Gasteiger partial charge in [0.15, 0.2) is 0 Å². The zero-order valence-corrected chi connectivity index (χ0v) is 13.7. The number of nitrogens with one attached hydrogen (secondary N) is 2. The van der Waals surface area contributed by atoms with Crippen molar-refractivity contribution in [3.63, 3.8) is 0 Å². The van der Waals surface area contributed by atoms with E-state index in [2.05, 4.69) is 26.6 Å². The quantitative estimate of drug-likeness (QED) is 0.857. The lowest BCUT2D eigenvalue weighted by Gasteiger charge is -2.13. The fourth-order valence-electron chi connectivity index (χ4n) is 3.14. The number of pyridine rings is 1. The third-order valence-electron chi connectivity index (χ3n) is 4.65. The molecule has 1 aliphatic heterocycles. The first-order valence-corrected chi connectivity index (χ1v) is 8.69. The average Bonchev–Trinajstić information content (AvgIpc) is 3.36.